The number of aromatic nitrogens is 2. The number of rotatable bonds is 5. The van der Waals surface area contributed by atoms with Crippen LogP contribution in [0.2, 0.25) is 0 Å². The summed E-state index contributed by atoms with van der Waals surface area (Å²) >= 11 is 0. The van der Waals surface area contributed by atoms with Crippen molar-refractivity contribution in [1.29, 1.82) is 0 Å². The lowest BCUT2D eigenvalue weighted by Crippen LogP contribution is -2.51. The Hall–Kier alpha value is -2.81. The number of nitrogens with zero attached hydrogens (tertiary/aromatic N) is 4. The minimum absolute atomic E-state index is 0.0768. The Labute approximate surface area is 180 Å². The third-order valence-corrected chi connectivity index (χ3v) is 6.14. The van der Waals surface area contributed by atoms with E-state index in [2.05, 4.69) is 21.4 Å². The molecule has 3 aliphatic heterocycles. The third-order valence-electron chi connectivity index (χ3n) is 6.14. The van der Waals surface area contributed by atoms with Crippen LogP contribution < -0.4 is 9.64 Å². The third kappa shape index (κ3) is 4.06. The average Bonchev–Trinajstić information content (AvgIpc) is 3.26. The number of hydrogen-bond donors (Lipinski definition) is 0. The maximum atomic E-state index is 13.9. The summed E-state index contributed by atoms with van der Waals surface area (Å²) in [6.45, 7) is 6.31. The highest BCUT2D eigenvalue weighted by atomic mass is 19.1. The van der Waals surface area contributed by atoms with E-state index in [-0.39, 0.29) is 18.2 Å². The van der Waals surface area contributed by atoms with E-state index in [4.69, 9.17) is 9.47 Å². The minimum atomic E-state index is -0.880. The van der Waals surface area contributed by atoms with Crippen molar-refractivity contribution in [2.75, 3.05) is 25.1 Å². The van der Waals surface area contributed by atoms with E-state index in [0.717, 1.165) is 11.9 Å². The van der Waals surface area contributed by atoms with Gasteiger partial charge in [-0.3, -0.25) is 4.79 Å². The number of carbonyl (C=O) groups excluding carboxylic acids is 1. The van der Waals surface area contributed by atoms with Crippen LogP contribution in [0, 0.1) is 0 Å². The Morgan fingerprint density at radius 3 is 2.71 bits per heavy atom. The van der Waals surface area contributed by atoms with E-state index >= 15 is 0 Å². The fourth-order valence-electron chi connectivity index (χ4n) is 4.63. The zero-order chi connectivity index (χ0) is 22.2. The second-order valence-electron chi connectivity index (χ2n) is 8.11. The molecule has 0 radical (unpaired) electrons. The fourth-order valence-corrected chi connectivity index (χ4v) is 4.63. The van der Waals surface area contributed by atoms with Gasteiger partial charge < -0.3 is 19.3 Å². The molecule has 7 nitrogen and oxygen atoms in total. The van der Waals surface area contributed by atoms with Crippen molar-refractivity contribution < 1.29 is 23.0 Å². The highest BCUT2D eigenvalue weighted by Crippen LogP contribution is 2.44. The summed E-state index contributed by atoms with van der Waals surface area (Å²) in [5.74, 6) is -0.191. The van der Waals surface area contributed by atoms with Gasteiger partial charge in [0.25, 0.3) is 5.91 Å². The van der Waals surface area contributed by atoms with Crippen LogP contribution in [0.15, 0.2) is 48.4 Å². The average molecular weight is 432 g/mol. The summed E-state index contributed by atoms with van der Waals surface area (Å²) in [6.07, 6.45) is 5.47. The molecular weight excluding hydrogens is 406 g/mol. The van der Waals surface area contributed by atoms with E-state index in [1.807, 2.05) is 0 Å². The molecule has 4 heterocycles. The van der Waals surface area contributed by atoms with Gasteiger partial charge in [-0.25, -0.2) is 18.7 Å². The lowest BCUT2D eigenvalue weighted by atomic mass is 9.89. The van der Waals surface area contributed by atoms with Crippen molar-refractivity contribution in [2.24, 2.45) is 0 Å². The molecule has 2 atom stereocenters. The summed E-state index contributed by atoms with van der Waals surface area (Å²) in [5, 5.41) is 0. The summed E-state index contributed by atoms with van der Waals surface area (Å²) < 4.78 is 38.3. The molecule has 0 saturated carbocycles. The number of carbonyl (C=O) groups is 1. The highest BCUT2D eigenvalue weighted by Gasteiger charge is 2.58. The van der Waals surface area contributed by atoms with Crippen molar-refractivity contribution in [3.63, 3.8) is 0 Å². The summed E-state index contributed by atoms with van der Waals surface area (Å²) in [7, 11) is 1.55. The molecule has 0 bridgehead atoms. The van der Waals surface area contributed by atoms with Gasteiger partial charge in [0.2, 0.25) is 5.88 Å². The molecule has 0 unspecified atom stereocenters. The molecule has 0 N–H and O–H groups in total. The largest absolute Gasteiger partial charge is 0.481 e. The van der Waals surface area contributed by atoms with Gasteiger partial charge in [0, 0.05) is 38.1 Å². The Morgan fingerprint density at radius 2 is 2.03 bits per heavy atom. The molecule has 0 aromatic carbocycles. The molecule has 3 saturated heterocycles. The van der Waals surface area contributed by atoms with Gasteiger partial charge >= 0.3 is 0 Å². The van der Waals surface area contributed by atoms with Crippen LogP contribution in [-0.4, -0.2) is 58.8 Å². The predicted octanol–water partition coefficient (Wildman–Crippen LogP) is 3.45. The van der Waals surface area contributed by atoms with Crippen LogP contribution in [0.1, 0.15) is 32.6 Å². The van der Waals surface area contributed by atoms with Gasteiger partial charge in [-0.1, -0.05) is 6.58 Å². The lowest BCUT2D eigenvalue weighted by molar-refractivity contribution is -0.140. The molecule has 4 rings (SSSR count). The minimum Gasteiger partial charge on any atom is -0.481 e. The molecule has 166 valence electrons. The van der Waals surface area contributed by atoms with Crippen molar-refractivity contribution in [1.82, 2.24) is 14.9 Å². The number of allylic oxidation sites excluding steroid dienone is 3. The smallest absolute Gasteiger partial charge is 0.257 e. The number of piperidine rings is 1. The van der Waals surface area contributed by atoms with Gasteiger partial charge in [0.1, 0.15) is 24.2 Å². The second kappa shape index (κ2) is 8.37. The zero-order valence-electron chi connectivity index (χ0n) is 17.7. The van der Waals surface area contributed by atoms with Gasteiger partial charge in [0.15, 0.2) is 5.60 Å². The number of ether oxygens (including phenoxy) is 2. The normalized spacial score (nSPS) is 25.9. The van der Waals surface area contributed by atoms with E-state index in [1.54, 1.807) is 18.1 Å². The Kier molecular flexibility index (Phi) is 5.79. The van der Waals surface area contributed by atoms with Gasteiger partial charge in [-0.05, 0) is 31.4 Å². The number of halogens is 2. The number of anilines is 1. The maximum Gasteiger partial charge on any atom is 0.257 e. The number of hydrogen-bond acceptors (Lipinski definition) is 6. The molecule has 9 heteroatoms. The molecule has 3 fully saturated rings. The topological polar surface area (TPSA) is 67.8 Å². The standard InChI is InChI=1S/C22H26F2N4O3/c1-14(10-16(24)11-15(2)23)17-4-5-20-28(17)21(29)22(31-20)6-8-27(9-7-22)18-12-19(30-3)26-13-25-18/h10-13,17,20H,1,4-9H2,2-3H3/b15-11+,16-10+/t17-,20+/m0/s1. The first-order chi connectivity index (χ1) is 14.8. The highest BCUT2D eigenvalue weighted by molar-refractivity contribution is 5.88. The van der Waals surface area contributed by atoms with Gasteiger partial charge in [0.05, 0.1) is 19.0 Å². The Morgan fingerprint density at radius 1 is 1.29 bits per heavy atom. The van der Waals surface area contributed by atoms with E-state index in [1.165, 1.54) is 19.3 Å². The quantitative estimate of drug-likeness (QED) is 0.664. The Balaban J connectivity index is 1.45. The summed E-state index contributed by atoms with van der Waals surface area (Å²) in [4.78, 5) is 25.5. The van der Waals surface area contributed by atoms with Crippen LogP contribution >= 0.6 is 0 Å². The van der Waals surface area contributed by atoms with Crippen molar-refractivity contribution >= 4 is 11.7 Å². The van der Waals surface area contributed by atoms with Crippen LogP contribution in [0.4, 0.5) is 14.6 Å². The number of amides is 1. The van der Waals surface area contributed by atoms with E-state index in [9.17, 15) is 13.6 Å². The molecule has 31 heavy (non-hydrogen) atoms. The molecule has 1 spiro atoms. The zero-order valence-corrected chi connectivity index (χ0v) is 17.7. The molecule has 1 aromatic rings. The van der Waals surface area contributed by atoms with Crippen molar-refractivity contribution in [3.05, 3.63) is 48.4 Å². The molecule has 1 aromatic heterocycles. The van der Waals surface area contributed by atoms with Crippen molar-refractivity contribution in [2.45, 2.75) is 50.5 Å². The number of fused-ring (bicyclic) bond motifs is 1. The maximum absolute atomic E-state index is 13.9. The number of methoxy groups -OCH3 is 1. The molecule has 3 aliphatic rings. The summed E-state index contributed by atoms with van der Waals surface area (Å²) in [5.41, 5.74) is -0.438. The molecular formula is C22H26F2N4O3. The predicted molar refractivity (Wildman–Crippen MR) is 111 cm³/mol. The second-order valence-corrected chi connectivity index (χ2v) is 8.11. The monoisotopic (exact) mass is 432 g/mol. The van der Waals surface area contributed by atoms with Gasteiger partial charge in [-0.15, -0.1) is 0 Å². The molecule has 1 amide bonds. The van der Waals surface area contributed by atoms with E-state index in [0.29, 0.717) is 50.2 Å². The molecule has 0 aliphatic carbocycles. The summed E-state index contributed by atoms with van der Waals surface area (Å²) in [6, 6.07) is 1.42. The van der Waals surface area contributed by atoms with Gasteiger partial charge in [-0.2, -0.15) is 0 Å². The first kappa shape index (κ1) is 21.4. The SMILES string of the molecule is C=C(/C=C(F)\C=C(/C)F)[C@@H]1CC[C@H]2OC3(CCN(c4cc(OC)ncn4)CC3)C(=O)N21. The van der Waals surface area contributed by atoms with Crippen LogP contribution in [-0.2, 0) is 9.53 Å². The first-order valence-corrected chi connectivity index (χ1v) is 10.3. The van der Waals surface area contributed by atoms with Crippen LogP contribution in [0.25, 0.3) is 0 Å². The lowest BCUT2D eigenvalue weighted by Gasteiger charge is -2.38. The van der Waals surface area contributed by atoms with Crippen LogP contribution in [0.5, 0.6) is 5.88 Å². The fraction of sp³-hybridized carbons (Fsp3) is 0.500. The van der Waals surface area contributed by atoms with Crippen LogP contribution in [0.3, 0.4) is 0 Å². The van der Waals surface area contributed by atoms with E-state index < -0.39 is 17.3 Å². The first-order valence-electron chi connectivity index (χ1n) is 10.3. The van der Waals surface area contributed by atoms with Crippen molar-refractivity contribution in [3.8, 4) is 5.88 Å². The Bertz CT molecular complexity index is 936.